The first-order valence-corrected chi connectivity index (χ1v) is 6.15. The summed E-state index contributed by atoms with van der Waals surface area (Å²) in [6.07, 6.45) is 0. The van der Waals surface area contributed by atoms with Crippen LogP contribution in [0.5, 0.6) is 0 Å². The van der Waals surface area contributed by atoms with Crippen molar-refractivity contribution in [2.24, 2.45) is 0 Å². The highest BCUT2D eigenvalue weighted by Crippen LogP contribution is 2.30. The molecule has 0 saturated carbocycles. The van der Waals surface area contributed by atoms with Gasteiger partial charge in [0.2, 0.25) is 0 Å². The third-order valence-corrected chi connectivity index (χ3v) is 3.35. The van der Waals surface area contributed by atoms with Crippen molar-refractivity contribution in [3.63, 3.8) is 0 Å². The number of benzene rings is 2. The quantitative estimate of drug-likeness (QED) is 0.820. The van der Waals surface area contributed by atoms with Gasteiger partial charge in [-0.1, -0.05) is 34.8 Å². The van der Waals surface area contributed by atoms with E-state index in [1.54, 1.807) is 36.4 Å². The highest BCUT2D eigenvalue weighted by Gasteiger charge is 2.04. The summed E-state index contributed by atoms with van der Waals surface area (Å²) in [6, 6.07) is 12.2. The van der Waals surface area contributed by atoms with Gasteiger partial charge >= 0.3 is 0 Å². The van der Waals surface area contributed by atoms with Gasteiger partial charge in [-0.3, -0.25) is 0 Å². The van der Waals surface area contributed by atoms with Crippen molar-refractivity contribution in [1.82, 2.24) is 0 Å². The normalized spacial score (nSPS) is 9.89. The molecule has 2 aromatic carbocycles. The van der Waals surface area contributed by atoms with E-state index in [-0.39, 0.29) is 0 Å². The number of hydrogen-bond acceptors (Lipinski definition) is 2. The van der Waals surface area contributed by atoms with E-state index in [0.29, 0.717) is 26.3 Å². The Labute approximate surface area is 120 Å². The number of rotatable bonds is 2. The zero-order chi connectivity index (χ0) is 13.1. The first kappa shape index (κ1) is 13.0. The minimum Gasteiger partial charge on any atom is -0.354 e. The van der Waals surface area contributed by atoms with E-state index in [1.807, 2.05) is 6.07 Å². The highest BCUT2D eigenvalue weighted by molar-refractivity contribution is 6.42. The van der Waals surface area contributed by atoms with Crippen LogP contribution in [0, 0.1) is 11.3 Å². The second-order valence-corrected chi connectivity index (χ2v) is 4.78. The molecule has 0 saturated heterocycles. The van der Waals surface area contributed by atoms with Gasteiger partial charge in [-0.2, -0.15) is 5.26 Å². The molecular formula is C13H7Cl3N2. The lowest BCUT2D eigenvalue weighted by atomic mass is 10.2. The second-order valence-electron chi connectivity index (χ2n) is 3.56. The number of nitrogens with one attached hydrogen (secondary N) is 1. The smallest absolute Gasteiger partial charge is 0.0992 e. The summed E-state index contributed by atoms with van der Waals surface area (Å²) in [5.41, 5.74) is 1.99. The van der Waals surface area contributed by atoms with E-state index in [9.17, 15) is 0 Å². The fourth-order valence-electron chi connectivity index (χ4n) is 1.42. The molecule has 0 aromatic heterocycles. The molecule has 0 heterocycles. The Hall–Kier alpha value is -1.40. The SMILES string of the molecule is N#Cc1ccc(Nc2ccc(Cl)c(Cl)c2)c(Cl)c1. The summed E-state index contributed by atoms with van der Waals surface area (Å²) in [7, 11) is 0. The Balaban J connectivity index is 2.29. The van der Waals surface area contributed by atoms with Crippen LogP contribution < -0.4 is 5.32 Å². The van der Waals surface area contributed by atoms with Gasteiger partial charge in [0.15, 0.2) is 0 Å². The number of nitriles is 1. The van der Waals surface area contributed by atoms with Gasteiger partial charge in [-0.05, 0) is 36.4 Å². The summed E-state index contributed by atoms with van der Waals surface area (Å²) < 4.78 is 0. The molecule has 0 aliphatic rings. The van der Waals surface area contributed by atoms with Crippen LogP contribution in [-0.2, 0) is 0 Å². The third kappa shape index (κ3) is 2.88. The van der Waals surface area contributed by atoms with Gasteiger partial charge in [0.1, 0.15) is 0 Å². The molecule has 0 aliphatic carbocycles. The van der Waals surface area contributed by atoms with Gasteiger partial charge in [0.25, 0.3) is 0 Å². The monoisotopic (exact) mass is 296 g/mol. The summed E-state index contributed by atoms with van der Waals surface area (Å²) in [6.45, 7) is 0. The third-order valence-electron chi connectivity index (χ3n) is 2.30. The van der Waals surface area contributed by atoms with Crippen LogP contribution in [0.3, 0.4) is 0 Å². The van der Waals surface area contributed by atoms with Crippen LogP contribution >= 0.6 is 34.8 Å². The molecule has 2 nitrogen and oxygen atoms in total. The molecule has 0 amide bonds. The van der Waals surface area contributed by atoms with Gasteiger partial charge in [0, 0.05) is 5.69 Å². The molecule has 0 atom stereocenters. The van der Waals surface area contributed by atoms with Crippen molar-refractivity contribution >= 4 is 46.2 Å². The van der Waals surface area contributed by atoms with Crippen molar-refractivity contribution in [3.05, 3.63) is 57.0 Å². The summed E-state index contributed by atoms with van der Waals surface area (Å²) in [5, 5.41) is 13.3. The predicted octanol–water partition coefficient (Wildman–Crippen LogP) is 5.26. The molecule has 0 bridgehead atoms. The molecule has 90 valence electrons. The maximum atomic E-state index is 8.75. The minimum atomic E-state index is 0.464. The Morgan fingerprint density at radius 3 is 2.28 bits per heavy atom. The Morgan fingerprint density at radius 1 is 0.889 bits per heavy atom. The van der Waals surface area contributed by atoms with E-state index < -0.39 is 0 Å². The Kier molecular flexibility index (Phi) is 3.98. The van der Waals surface area contributed by atoms with Crippen molar-refractivity contribution in [1.29, 1.82) is 5.26 Å². The van der Waals surface area contributed by atoms with Crippen LogP contribution in [0.4, 0.5) is 11.4 Å². The van der Waals surface area contributed by atoms with E-state index >= 15 is 0 Å². The first-order chi connectivity index (χ1) is 8.60. The maximum absolute atomic E-state index is 8.75. The average Bonchev–Trinajstić information content (AvgIpc) is 2.36. The van der Waals surface area contributed by atoms with Gasteiger partial charge in [-0.15, -0.1) is 0 Å². The largest absolute Gasteiger partial charge is 0.354 e. The predicted molar refractivity (Wildman–Crippen MR) is 75.9 cm³/mol. The van der Waals surface area contributed by atoms with Gasteiger partial charge in [0.05, 0.1) is 32.4 Å². The highest BCUT2D eigenvalue weighted by atomic mass is 35.5. The first-order valence-electron chi connectivity index (χ1n) is 5.02. The molecule has 2 aromatic rings. The van der Waals surface area contributed by atoms with Crippen molar-refractivity contribution in [2.45, 2.75) is 0 Å². The zero-order valence-electron chi connectivity index (χ0n) is 9.05. The molecule has 0 spiro atoms. The lowest BCUT2D eigenvalue weighted by Gasteiger charge is -2.09. The maximum Gasteiger partial charge on any atom is 0.0992 e. The van der Waals surface area contributed by atoms with E-state index in [0.717, 1.165) is 5.69 Å². The zero-order valence-corrected chi connectivity index (χ0v) is 11.3. The van der Waals surface area contributed by atoms with E-state index in [4.69, 9.17) is 40.1 Å². The lowest BCUT2D eigenvalue weighted by molar-refractivity contribution is 1.47. The van der Waals surface area contributed by atoms with Crippen LogP contribution in [0.25, 0.3) is 0 Å². The molecule has 18 heavy (non-hydrogen) atoms. The fraction of sp³-hybridized carbons (Fsp3) is 0. The Bertz CT molecular complexity index is 633. The molecule has 0 unspecified atom stereocenters. The molecule has 0 radical (unpaired) electrons. The molecular weight excluding hydrogens is 291 g/mol. The summed E-state index contributed by atoms with van der Waals surface area (Å²) >= 11 is 17.8. The summed E-state index contributed by atoms with van der Waals surface area (Å²) in [5.74, 6) is 0. The standard InChI is InChI=1S/C13H7Cl3N2/c14-10-3-2-9(6-11(10)15)18-13-4-1-8(7-17)5-12(13)16/h1-6,18H. The van der Waals surface area contributed by atoms with Crippen LogP contribution in [0.2, 0.25) is 15.1 Å². The van der Waals surface area contributed by atoms with Crippen molar-refractivity contribution < 1.29 is 0 Å². The average molecular weight is 298 g/mol. The molecule has 2 rings (SSSR count). The van der Waals surface area contributed by atoms with Crippen LogP contribution in [0.1, 0.15) is 5.56 Å². The Morgan fingerprint density at radius 2 is 1.67 bits per heavy atom. The van der Waals surface area contributed by atoms with Crippen LogP contribution in [0.15, 0.2) is 36.4 Å². The molecule has 5 heteroatoms. The van der Waals surface area contributed by atoms with E-state index in [1.165, 1.54) is 0 Å². The molecule has 0 fully saturated rings. The second kappa shape index (κ2) is 5.49. The number of hydrogen-bond donors (Lipinski definition) is 1. The molecule has 0 aliphatic heterocycles. The minimum absolute atomic E-state index is 0.464. The summed E-state index contributed by atoms with van der Waals surface area (Å²) in [4.78, 5) is 0. The van der Waals surface area contributed by atoms with E-state index in [2.05, 4.69) is 5.32 Å². The van der Waals surface area contributed by atoms with Crippen molar-refractivity contribution in [2.75, 3.05) is 5.32 Å². The fourth-order valence-corrected chi connectivity index (χ4v) is 1.94. The number of nitrogens with zero attached hydrogens (tertiary/aromatic N) is 1. The number of halogens is 3. The lowest BCUT2D eigenvalue weighted by Crippen LogP contribution is -1.91. The number of anilines is 2. The van der Waals surface area contributed by atoms with Gasteiger partial charge in [-0.25, -0.2) is 0 Å². The van der Waals surface area contributed by atoms with Crippen LogP contribution in [-0.4, -0.2) is 0 Å². The topological polar surface area (TPSA) is 35.8 Å². The van der Waals surface area contributed by atoms with Crippen molar-refractivity contribution in [3.8, 4) is 6.07 Å². The van der Waals surface area contributed by atoms with Gasteiger partial charge < -0.3 is 5.32 Å². The molecule has 1 N–H and O–H groups in total.